The van der Waals surface area contributed by atoms with Gasteiger partial charge in [0.15, 0.2) is 5.82 Å². The van der Waals surface area contributed by atoms with Gasteiger partial charge in [-0.25, -0.2) is 13.6 Å². The fourth-order valence-electron chi connectivity index (χ4n) is 1.74. The molecule has 0 unspecified atom stereocenters. The molecule has 20 heavy (non-hydrogen) atoms. The van der Waals surface area contributed by atoms with E-state index in [0.29, 0.717) is 6.07 Å². The van der Waals surface area contributed by atoms with Crippen LogP contribution in [0.3, 0.4) is 0 Å². The summed E-state index contributed by atoms with van der Waals surface area (Å²) in [5.41, 5.74) is 0.735. The summed E-state index contributed by atoms with van der Waals surface area (Å²) in [6.07, 6.45) is 0. The lowest BCUT2D eigenvalue weighted by atomic mass is 10.1. The topological polar surface area (TPSA) is 49.3 Å². The minimum absolute atomic E-state index is 0.0233. The van der Waals surface area contributed by atoms with Crippen molar-refractivity contribution in [3.8, 4) is 0 Å². The van der Waals surface area contributed by atoms with Crippen molar-refractivity contribution in [2.45, 2.75) is 6.92 Å². The Morgan fingerprint density at radius 1 is 1.25 bits per heavy atom. The third kappa shape index (κ3) is 2.88. The first-order chi connectivity index (χ1) is 9.38. The van der Waals surface area contributed by atoms with Gasteiger partial charge in [-0.2, -0.15) is 0 Å². The van der Waals surface area contributed by atoms with E-state index in [1.807, 2.05) is 0 Å². The molecule has 3 nitrogen and oxygen atoms in total. The van der Waals surface area contributed by atoms with E-state index in [1.165, 1.54) is 12.1 Å². The van der Waals surface area contributed by atoms with Crippen LogP contribution < -0.4 is 5.32 Å². The highest BCUT2D eigenvalue weighted by molar-refractivity contribution is 6.33. The molecule has 0 saturated carbocycles. The number of benzene rings is 2. The average molecular weight is 298 g/mol. The van der Waals surface area contributed by atoms with E-state index in [4.69, 9.17) is 16.7 Å². The standard InChI is InChI=1S/C14H10ClF2NO2/c1-7-2-3-12(9(4-7)14(19)20)18-13-10(15)5-8(16)6-11(13)17/h2-6,18H,1H3,(H,19,20). The van der Waals surface area contributed by atoms with Crippen molar-refractivity contribution in [1.29, 1.82) is 0 Å². The molecule has 0 bridgehead atoms. The number of carbonyl (C=O) groups is 1. The molecule has 0 heterocycles. The number of aromatic carboxylic acids is 1. The zero-order valence-electron chi connectivity index (χ0n) is 10.4. The molecule has 2 N–H and O–H groups in total. The van der Waals surface area contributed by atoms with Crippen LogP contribution in [0.4, 0.5) is 20.2 Å². The Morgan fingerprint density at radius 2 is 1.95 bits per heavy atom. The molecule has 0 saturated heterocycles. The highest BCUT2D eigenvalue weighted by Gasteiger charge is 2.15. The van der Waals surface area contributed by atoms with Crippen molar-refractivity contribution in [1.82, 2.24) is 0 Å². The largest absolute Gasteiger partial charge is 0.478 e. The first kappa shape index (κ1) is 14.3. The number of hydrogen-bond donors (Lipinski definition) is 2. The Kier molecular flexibility index (Phi) is 3.90. The smallest absolute Gasteiger partial charge is 0.337 e. The minimum atomic E-state index is -1.16. The van der Waals surface area contributed by atoms with Crippen LogP contribution >= 0.6 is 11.6 Å². The molecular weight excluding hydrogens is 288 g/mol. The van der Waals surface area contributed by atoms with E-state index >= 15 is 0 Å². The Morgan fingerprint density at radius 3 is 2.55 bits per heavy atom. The number of rotatable bonds is 3. The molecule has 2 aromatic rings. The predicted octanol–water partition coefficient (Wildman–Crippen LogP) is 4.37. The third-order valence-electron chi connectivity index (χ3n) is 2.67. The number of aryl methyl sites for hydroxylation is 1. The fraction of sp³-hybridized carbons (Fsp3) is 0.0714. The third-order valence-corrected chi connectivity index (χ3v) is 2.97. The molecule has 0 radical (unpaired) electrons. The Hall–Kier alpha value is -2.14. The van der Waals surface area contributed by atoms with Gasteiger partial charge >= 0.3 is 5.97 Å². The summed E-state index contributed by atoms with van der Waals surface area (Å²) < 4.78 is 26.6. The normalized spacial score (nSPS) is 10.4. The molecule has 0 aliphatic heterocycles. The number of nitrogens with one attached hydrogen (secondary N) is 1. The molecule has 2 rings (SSSR count). The molecule has 0 aliphatic rings. The maximum atomic E-state index is 13.7. The van der Waals surface area contributed by atoms with E-state index in [-0.39, 0.29) is 22.0 Å². The van der Waals surface area contributed by atoms with Crippen LogP contribution in [0.1, 0.15) is 15.9 Å². The summed E-state index contributed by atoms with van der Waals surface area (Å²) in [7, 11) is 0. The number of carboxylic acid groups (broad SMARTS) is 1. The van der Waals surface area contributed by atoms with E-state index in [9.17, 15) is 13.6 Å². The predicted molar refractivity (Wildman–Crippen MR) is 72.8 cm³/mol. The summed E-state index contributed by atoms with van der Waals surface area (Å²) in [4.78, 5) is 11.2. The van der Waals surface area contributed by atoms with E-state index in [0.717, 1.165) is 11.6 Å². The Labute approximate surface area is 118 Å². The van der Waals surface area contributed by atoms with Gasteiger partial charge in [0, 0.05) is 6.07 Å². The lowest BCUT2D eigenvalue weighted by Crippen LogP contribution is -2.04. The number of hydrogen-bond acceptors (Lipinski definition) is 2. The molecule has 0 fully saturated rings. The van der Waals surface area contributed by atoms with Crippen LogP contribution in [0.15, 0.2) is 30.3 Å². The molecular formula is C14H10ClF2NO2. The van der Waals surface area contributed by atoms with Crippen LogP contribution in [0.25, 0.3) is 0 Å². The maximum absolute atomic E-state index is 13.7. The van der Waals surface area contributed by atoms with Gasteiger partial charge in [0.1, 0.15) is 5.82 Å². The lowest BCUT2D eigenvalue weighted by Gasteiger charge is -2.12. The summed E-state index contributed by atoms with van der Waals surface area (Å²) in [5.74, 6) is -2.86. The van der Waals surface area contributed by atoms with Gasteiger partial charge in [0.05, 0.1) is 22.0 Å². The highest BCUT2D eigenvalue weighted by atomic mass is 35.5. The Balaban J connectivity index is 2.48. The van der Waals surface area contributed by atoms with Gasteiger partial charge < -0.3 is 10.4 Å². The van der Waals surface area contributed by atoms with Crippen LogP contribution in [0.5, 0.6) is 0 Å². The van der Waals surface area contributed by atoms with Gasteiger partial charge in [-0.05, 0) is 25.1 Å². The zero-order valence-corrected chi connectivity index (χ0v) is 11.1. The molecule has 2 aromatic carbocycles. The number of anilines is 2. The number of halogens is 3. The molecule has 6 heteroatoms. The van der Waals surface area contributed by atoms with E-state index in [2.05, 4.69) is 5.32 Å². The van der Waals surface area contributed by atoms with Crippen molar-refractivity contribution in [2.75, 3.05) is 5.32 Å². The maximum Gasteiger partial charge on any atom is 0.337 e. The number of carboxylic acids is 1. The van der Waals surface area contributed by atoms with Gasteiger partial charge in [0.2, 0.25) is 0 Å². The summed E-state index contributed by atoms with van der Waals surface area (Å²) >= 11 is 5.76. The molecule has 0 spiro atoms. The molecule has 0 aliphatic carbocycles. The first-order valence-corrected chi connectivity index (χ1v) is 6.02. The van der Waals surface area contributed by atoms with Gasteiger partial charge in [0.25, 0.3) is 0 Å². The fourth-order valence-corrected chi connectivity index (χ4v) is 1.98. The molecule has 0 aromatic heterocycles. The first-order valence-electron chi connectivity index (χ1n) is 5.64. The molecule has 0 amide bonds. The summed E-state index contributed by atoms with van der Waals surface area (Å²) in [6, 6.07) is 6.23. The SMILES string of the molecule is Cc1ccc(Nc2c(F)cc(F)cc2Cl)c(C(=O)O)c1. The van der Waals surface area contributed by atoms with Crippen LogP contribution in [0.2, 0.25) is 5.02 Å². The van der Waals surface area contributed by atoms with Gasteiger partial charge in [-0.1, -0.05) is 23.2 Å². The van der Waals surface area contributed by atoms with Gasteiger partial charge in [-0.3, -0.25) is 0 Å². The highest BCUT2D eigenvalue weighted by Crippen LogP contribution is 2.31. The Bertz CT molecular complexity index is 666. The minimum Gasteiger partial charge on any atom is -0.478 e. The van der Waals surface area contributed by atoms with Crippen molar-refractivity contribution < 1.29 is 18.7 Å². The van der Waals surface area contributed by atoms with Crippen molar-refractivity contribution >= 4 is 28.9 Å². The van der Waals surface area contributed by atoms with Crippen LogP contribution in [-0.2, 0) is 0 Å². The van der Waals surface area contributed by atoms with Crippen molar-refractivity contribution in [2.24, 2.45) is 0 Å². The quantitative estimate of drug-likeness (QED) is 0.884. The second-order valence-electron chi connectivity index (χ2n) is 4.22. The lowest BCUT2D eigenvalue weighted by molar-refractivity contribution is 0.0698. The zero-order chi connectivity index (χ0) is 14.9. The van der Waals surface area contributed by atoms with Crippen LogP contribution in [0, 0.1) is 18.6 Å². The van der Waals surface area contributed by atoms with Crippen LogP contribution in [-0.4, -0.2) is 11.1 Å². The van der Waals surface area contributed by atoms with Gasteiger partial charge in [-0.15, -0.1) is 0 Å². The van der Waals surface area contributed by atoms with E-state index in [1.54, 1.807) is 13.0 Å². The summed E-state index contributed by atoms with van der Waals surface area (Å²) in [5, 5.41) is 11.5. The van der Waals surface area contributed by atoms with E-state index < -0.39 is 17.6 Å². The second-order valence-corrected chi connectivity index (χ2v) is 4.63. The molecule has 104 valence electrons. The second kappa shape index (κ2) is 5.46. The molecule has 0 atom stereocenters. The van der Waals surface area contributed by atoms with Crippen molar-refractivity contribution in [3.63, 3.8) is 0 Å². The monoisotopic (exact) mass is 297 g/mol. The average Bonchev–Trinajstić information content (AvgIpc) is 2.34. The summed E-state index contributed by atoms with van der Waals surface area (Å²) in [6.45, 7) is 1.74. The van der Waals surface area contributed by atoms with Crippen molar-refractivity contribution in [3.05, 3.63) is 58.1 Å².